The summed E-state index contributed by atoms with van der Waals surface area (Å²) < 4.78 is 1.35. The molecule has 18 heavy (non-hydrogen) atoms. The fourth-order valence-corrected chi connectivity index (χ4v) is 3.44. The van der Waals surface area contributed by atoms with Gasteiger partial charge < -0.3 is 5.32 Å². The zero-order chi connectivity index (χ0) is 13.0. The van der Waals surface area contributed by atoms with Crippen molar-refractivity contribution in [2.45, 2.75) is 26.3 Å². The maximum Gasteiger partial charge on any atom is 0.0656 e. The predicted octanol–water partition coefficient (Wildman–Crippen LogP) is 4.75. The maximum absolute atomic E-state index is 3.65. The Balaban J connectivity index is 2.30. The number of nitrogens with one attached hydrogen (secondary N) is 1. The van der Waals surface area contributed by atoms with E-state index in [-0.39, 0.29) is 0 Å². The highest BCUT2D eigenvalue weighted by Gasteiger charge is 2.14. The van der Waals surface area contributed by atoms with Crippen LogP contribution in [0.15, 0.2) is 35.7 Å². The molecule has 1 atom stereocenters. The minimum absolute atomic E-state index is 0.324. The van der Waals surface area contributed by atoms with E-state index >= 15 is 0 Å². The molecule has 3 heteroatoms. The molecule has 0 aliphatic carbocycles. The van der Waals surface area contributed by atoms with Gasteiger partial charge in [0.05, 0.1) is 8.93 Å². The molecule has 2 aromatic rings. The van der Waals surface area contributed by atoms with Gasteiger partial charge in [-0.15, -0.1) is 11.3 Å². The molecule has 1 nitrogen and oxygen atoms in total. The summed E-state index contributed by atoms with van der Waals surface area (Å²) in [5, 5.41) is 5.91. The number of thiophene rings is 1. The number of halogens is 1. The first-order valence-corrected chi connectivity index (χ1v) is 8.20. The summed E-state index contributed by atoms with van der Waals surface area (Å²) in [5.74, 6) is 0. The third-order valence-electron chi connectivity index (χ3n) is 2.89. The number of hydrogen-bond donors (Lipinski definition) is 1. The lowest BCUT2D eigenvalue weighted by Crippen LogP contribution is -2.22. The average Bonchev–Trinajstić information content (AvgIpc) is 2.76. The van der Waals surface area contributed by atoms with Crippen LogP contribution in [0.4, 0.5) is 0 Å². The fourth-order valence-electron chi connectivity index (χ4n) is 2.04. The molecule has 0 aliphatic heterocycles. The number of benzene rings is 1. The Kier molecular flexibility index (Phi) is 5.21. The molecule has 2 rings (SSSR count). The molecule has 1 aromatic carbocycles. The first kappa shape index (κ1) is 14.0. The van der Waals surface area contributed by atoms with Crippen molar-refractivity contribution >= 4 is 33.9 Å². The smallest absolute Gasteiger partial charge is 0.0656 e. The monoisotopic (exact) mass is 371 g/mol. The molecule has 0 saturated heterocycles. The summed E-state index contributed by atoms with van der Waals surface area (Å²) in [4.78, 5) is 0. The molecule has 0 radical (unpaired) electrons. The van der Waals surface area contributed by atoms with Gasteiger partial charge in [0.2, 0.25) is 0 Å². The molecule has 1 unspecified atom stereocenters. The summed E-state index contributed by atoms with van der Waals surface area (Å²) in [5.41, 5.74) is 4.06. The number of rotatable bonds is 5. The Morgan fingerprint density at radius 1 is 1.28 bits per heavy atom. The molecule has 1 N–H and O–H groups in total. The second kappa shape index (κ2) is 6.68. The Hall–Kier alpha value is -0.390. The second-order valence-electron chi connectivity index (χ2n) is 4.49. The van der Waals surface area contributed by atoms with Crippen molar-refractivity contribution in [3.05, 3.63) is 55.3 Å². The summed E-state index contributed by atoms with van der Waals surface area (Å²) in [6, 6.07) is 11.4. The minimum atomic E-state index is 0.324. The fraction of sp³-hybridized carbons (Fsp3) is 0.333. The molecular formula is C15H18INS. The molecule has 96 valence electrons. The van der Waals surface area contributed by atoms with E-state index in [1.54, 1.807) is 0 Å². The Morgan fingerprint density at radius 3 is 2.72 bits per heavy atom. The zero-order valence-electron chi connectivity index (χ0n) is 10.7. The van der Waals surface area contributed by atoms with Crippen LogP contribution in [-0.4, -0.2) is 6.54 Å². The van der Waals surface area contributed by atoms with E-state index in [0.29, 0.717) is 6.04 Å². The molecule has 0 bridgehead atoms. The van der Waals surface area contributed by atoms with Gasteiger partial charge in [-0.2, -0.15) is 0 Å². The van der Waals surface area contributed by atoms with Gasteiger partial charge in [-0.1, -0.05) is 36.8 Å². The molecule has 1 heterocycles. The van der Waals surface area contributed by atoms with Gasteiger partial charge in [0.15, 0.2) is 0 Å². The van der Waals surface area contributed by atoms with Gasteiger partial charge >= 0.3 is 0 Å². The highest BCUT2D eigenvalue weighted by atomic mass is 127. The van der Waals surface area contributed by atoms with Crippen LogP contribution in [0.1, 0.15) is 36.1 Å². The minimum Gasteiger partial charge on any atom is -0.306 e. The van der Waals surface area contributed by atoms with Crippen molar-refractivity contribution in [1.82, 2.24) is 5.32 Å². The van der Waals surface area contributed by atoms with Crippen molar-refractivity contribution in [3.8, 4) is 0 Å². The van der Waals surface area contributed by atoms with Gasteiger partial charge in [0.25, 0.3) is 0 Å². The van der Waals surface area contributed by atoms with E-state index < -0.39 is 0 Å². The Morgan fingerprint density at radius 2 is 2.11 bits per heavy atom. The van der Waals surface area contributed by atoms with E-state index in [1.807, 2.05) is 11.3 Å². The molecule has 0 aliphatic rings. The van der Waals surface area contributed by atoms with Crippen LogP contribution >= 0.6 is 33.9 Å². The van der Waals surface area contributed by atoms with Gasteiger partial charge in [-0.25, -0.2) is 0 Å². The summed E-state index contributed by atoms with van der Waals surface area (Å²) in [7, 11) is 0. The Bertz CT molecular complexity index is 507. The summed E-state index contributed by atoms with van der Waals surface area (Å²) in [6.07, 6.45) is 1.16. The molecule has 0 amide bonds. The van der Waals surface area contributed by atoms with Crippen molar-refractivity contribution in [2.75, 3.05) is 6.54 Å². The lowest BCUT2D eigenvalue weighted by Gasteiger charge is -2.18. The number of aryl methyl sites for hydroxylation is 1. The van der Waals surface area contributed by atoms with Crippen molar-refractivity contribution in [2.24, 2.45) is 0 Å². The van der Waals surface area contributed by atoms with Crippen LogP contribution in [-0.2, 0) is 0 Å². The van der Waals surface area contributed by atoms with Crippen molar-refractivity contribution in [3.63, 3.8) is 0 Å². The first-order valence-electron chi connectivity index (χ1n) is 6.24. The maximum atomic E-state index is 3.65. The summed E-state index contributed by atoms with van der Waals surface area (Å²) in [6.45, 7) is 5.40. The number of hydrogen-bond acceptors (Lipinski definition) is 2. The van der Waals surface area contributed by atoms with E-state index in [0.717, 1.165) is 13.0 Å². The lowest BCUT2D eigenvalue weighted by atomic mass is 9.99. The molecule has 1 aromatic heterocycles. The Labute approximate surface area is 127 Å². The predicted molar refractivity (Wildman–Crippen MR) is 88.4 cm³/mol. The van der Waals surface area contributed by atoms with Crippen LogP contribution in [0.5, 0.6) is 0 Å². The van der Waals surface area contributed by atoms with Crippen molar-refractivity contribution in [1.29, 1.82) is 0 Å². The van der Waals surface area contributed by atoms with E-state index in [9.17, 15) is 0 Å². The standard InChI is InChI=1S/C15H18INS/c1-3-7-17-15(13-9-14(16)18-10-13)12-6-4-5-11(2)8-12/h4-6,8-10,15,17H,3,7H2,1-2H3. The van der Waals surface area contributed by atoms with Crippen LogP contribution in [0.3, 0.4) is 0 Å². The lowest BCUT2D eigenvalue weighted by molar-refractivity contribution is 0.599. The van der Waals surface area contributed by atoms with Crippen LogP contribution < -0.4 is 5.32 Å². The van der Waals surface area contributed by atoms with Crippen LogP contribution in [0, 0.1) is 9.81 Å². The quantitative estimate of drug-likeness (QED) is 0.748. The van der Waals surface area contributed by atoms with E-state index in [4.69, 9.17) is 0 Å². The van der Waals surface area contributed by atoms with Gasteiger partial charge in [-0.05, 0) is 65.1 Å². The second-order valence-corrected chi connectivity index (χ2v) is 7.29. The molecule has 0 spiro atoms. The molecular weight excluding hydrogens is 353 g/mol. The van der Waals surface area contributed by atoms with Crippen LogP contribution in [0.25, 0.3) is 0 Å². The highest BCUT2D eigenvalue weighted by Crippen LogP contribution is 2.27. The van der Waals surface area contributed by atoms with Gasteiger partial charge in [-0.3, -0.25) is 0 Å². The SMILES string of the molecule is CCCNC(c1cccc(C)c1)c1csc(I)c1. The molecule has 0 fully saturated rings. The highest BCUT2D eigenvalue weighted by molar-refractivity contribution is 14.1. The summed E-state index contributed by atoms with van der Waals surface area (Å²) >= 11 is 4.20. The van der Waals surface area contributed by atoms with E-state index in [1.165, 1.54) is 19.6 Å². The third-order valence-corrected chi connectivity index (χ3v) is 4.70. The van der Waals surface area contributed by atoms with Crippen molar-refractivity contribution < 1.29 is 0 Å². The van der Waals surface area contributed by atoms with Crippen LogP contribution in [0.2, 0.25) is 0 Å². The zero-order valence-corrected chi connectivity index (χ0v) is 13.7. The van der Waals surface area contributed by atoms with Gasteiger partial charge in [0, 0.05) is 0 Å². The average molecular weight is 371 g/mol. The first-order chi connectivity index (χ1) is 8.70. The van der Waals surface area contributed by atoms with E-state index in [2.05, 4.69) is 77.5 Å². The topological polar surface area (TPSA) is 12.0 Å². The van der Waals surface area contributed by atoms with Gasteiger partial charge in [0.1, 0.15) is 0 Å². The normalized spacial score (nSPS) is 12.6. The largest absolute Gasteiger partial charge is 0.306 e. The third kappa shape index (κ3) is 3.56. The molecule has 0 saturated carbocycles.